The molecule has 33 heavy (non-hydrogen) atoms. The Morgan fingerprint density at radius 3 is 2.33 bits per heavy atom. The SMILES string of the molecule is CN1CCN(C(=O)c2ccccc2NC(=O)CCCC(=O)OCCCc2ccccc2)CC1. The fraction of sp³-hybridized carbons (Fsp3) is 0.423. The number of likely N-dealkylation sites (N-methyl/N-ethyl adjacent to an activating group) is 1. The van der Waals surface area contributed by atoms with Crippen LogP contribution in [0.15, 0.2) is 54.6 Å². The largest absolute Gasteiger partial charge is 0.466 e. The van der Waals surface area contributed by atoms with E-state index in [4.69, 9.17) is 4.74 Å². The number of hydrogen-bond acceptors (Lipinski definition) is 5. The summed E-state index contributed by atoms with van der Waals surface area (Å²) in [4.78, 5) is 41.3. The number of anilines is 1. The van der Waals surface area contributed by atoms with Crippen molar-refractivity contribution in [2.45, 2.75) is 32.1 Å². The van der Waals surface area contributed by atoms with Crippen molar-refractivity contribution in [3.63, 3.8) is 0 Å². The molecule has 1 aliphatic heterocycles. The fourth-order valence-corrected chi connectivity index (χ4v) is 3.74. The molecule has 0 radical (unpaired) electrons. The van der Waals surface area contributed by atoms with E-state index in [1.54, 1.807) is 24.3 Å². The van der Waals surface area contributed by atoms with E-state index in [1.807, 2.05) is 30.1 Å². The van der Waals surface area contributed by atoms with E-state index in [0.29, 0.717) is 37.4 Å². The van der Waals surface area contributed by atoms with Gasteiger partial charge in [-0.05, 0) is 44.0 Å². The summed E-state index contributed by atoms with van der Waals surface area (Å²) in [5.74, 6) is -0.579. The Morgan fingerprint density at radius 2 is 1.58 bits per heavy atom. The molecule has 1 aliphatic rings. The van der Waals surface area contributed by atoms with Gasteiger partial charge in [-0.1, -0.05) is 42.5 Å². The van der Waals surface area contributed by atoms with Crippen LogP contribution in [-0.2, 0) is 20.7 Å². The third kappa shape index (κ3) is 8.02. The van der Waals surface area contributed by atoms with Gasteiger partial charge in [0.05, 0.1) is 17.9 Å². The Kier molecular flexibility index (Phi) is 9.44. The third-order valence-electron chi connectivity index (χ3n) is 5.72. The van der Waals surface area contributed by atoms with Crippen molar-refractivity contribution in [3.8, 4) is 0 Å². The Hall–Kier alpha value is -3.19. The highest BCUT2D eigenvalue weighted by molar-refractivity contribution is 6.03. The smallest absolute Gasteiger partial charge is 0.305 e. The zero-order valence-corrected chi connectivity index (χ0v) is 19.3. The van der Waals surface area contributed by atoms with E-state index in [2.05, 4.69) is 22.3 Å². The zero-order chi connectivity index (χ0) is 23.5. The highest BCUT2D eigenvalue weighted by atomic mass is 16.5. The fourth-order valence-electron chi connectivity index (χ4n) is 3.74. The minimum atomic E-state index is -0.290. The van der Waals surface area contributed by atoms with Crippen LogP contribution in [0, 0.1) is 0 Å². The van der Waals surface area contributed by atoms with Crippen LogP contribution >= 0.6 is 0 Å². The van der Waals surface area contributed by atoms with Crippen molar-refractivity contribution in [1.29, 1.82) is 0 Å². The van der Waals surface area contributed by atoms with E-state index < -0.39 is 0 Å². The lowest BCUT2D eigenvalue weighted by molar-refractivity contribution is -0.143. The van der Waals surface area contributed by atoms with Crippen LogP contribution < -0.4 is 5.32 Å². The van der Waals surface area contributed by atoms with E-state index >= 15 is 0 Å². The second-order valence-electron chi connectivity index (χ2n) is 8.35. The second-order valence-corrected chi connectivity index (χ2v) is 8.35. The third-order valence-corrected chi connectivity index (χ3v) is 5.72. The van der Waals surface area contributed by atoms with Gasteiger partial charge in [0.15, 0.2) is 0 Å². The first-order valence-electron chi connectivity index (χ1n) is 11.6. The average Bonchev–Trinajstić information content (AvgIpc) is 2.83. The molecule has 0 unspecified atom stereocenters. The number of carbonyl (C=O) groups excluding carboxylic acids is 3. The van der Waals surface area contributed by atoms with E-state index in [0.717, 1.165) is 25.9 Å². The highest BCUT2D eigenvalue weighted by Gasteiger charge is 2.22. The van der Waals surface area contributed by atoms with Crippen molar-refractivity contribution in [1.82, 2.24) is 9.80 Å². The van der Waals surface area contributed by atoms with Crippen LogP contribution in [0.25, 0.3) is 0 Å². The molecule has 3 rings (SSSR count). The van der Waals surface area contributed by atoms with Gasteiger partial charge in [0.1, 0.15) is 0 Å². The summed E-state index contributed by atoms with van der Waals surface area (Å²) in [6.07, 6.45) is 2.42. The molecule has 0 atom stereocenters. The minimum Gasteiger partial charge on any atom is -0.466 e. The molecule has 2 amide bonds. The summed E-state index contributed by atoms with van der Waals surface area (Å²) in [5, 5.41) is 2.83. The average molecular weight is 452 g/mol. The van der Waals surface area contributed by atoms with Gasteiger partial charge in [-0.15, -0.1) is 0 Å². The molecule has 1 fully saturated rings. The zero-order valence-electron chi connectivity index (χ0n) is 19.3. The molecule has 2 aromatic rings. The number of rotatable bonds is 10. The molecule has 0 aromatic heterocycles. The van der Waals surface area contributed by atoms with Crippen LogP contribution in [0.2, 0.25) is 0 Å². The lowest BCUT2D eigenvalue weighted by atomic mass is 10.1. The lowest BCUT2D eigenvalue weighted by Gasteiger charge is -2.32. The standard InChI is InChI=1S/C26H33N3O4/c1-28-16-18-29(19-17-28)26(32)22-12-5-6-13-23(22)27-24(30)14-7-15-25(31)33-20-8-11-21-9-3-2-4-10-21/h2-6,9-10,12-13H,7-8,11,14-20H2,1H3,(H,27,30). The van der Waals surface area contributed by atoms with Gasteiger partial charge in [-0.2, -0.15) is 0 Å². The predicted molar refractivity (Wildman–Crippen MR) is 128 cm³/mol. The molecule has 7 nitrogen and oxygen atoms in total. The molecule has 7 heteroatoms. The molecule has 0 spiro atoms. The number of esters is 1. The van der Waals surface area contributed by atoms with Crippen molar-refractivity contribution in [2.75, 3.05) is 45.2 Å². The molecule has 176 valence electrons. The number of nitrogens with zero attached hydrogens (tertiary/aromatic N) is 2. The van der Waals surface area contributed by atoms with Crippen LogP contribution in [-0.4, -0.2) is 67.4 Å². The number of hydrogen-bond donors (Lipinski definition) is 1. The Morgan fingerprint density at radius 1 is 0.879 bits per heavy atom. The van der Waals surface area contributed by atoms with Gasteiger partial charge in [0.25, 0.3) is 5.91 Å². The summed E-state index contributed by atoms with van der Waals surface area (Å²) in [7, 11) is 2.04. The number of nitrogens with one attached hydrogen (secondary N) is 1. The topological polar surface area (TPSA) is 79.0 Å². The van der Waals surface area contributed by atoms with Gasteiger partial charge < -0.3 is 19.9 Å². The van der Waals surface area contributed by atoms with E-state index in [1.165, 1.54) is 5.56 Å². The first-order valence-corrected chi connectivity index (χ1v) is 11.6. The van der Waals surface area contributed by atoms with Gasteiger partial charge in [-0.25, -0.2) is 0 Å². The summed E-state index contributed by atoms with van der Waals surface area (Å²) >= 11 is 0. The van der Waals surface area contributed by atoms with Crippen LogP contribution in [0.1, 0.15) is 41.6 Å². The number of ether oxygens (including phenoxy) is 1. The molecule has 1 heterocycles. The number of benzene rings is 2. The molecule has 2 aromatic carbocycles. The van der Waals surface area contributed by atoms with Gasteiger partial charge in [0.2, 0.25) is 5.91 Å². The maximum absolute atomic E-state index is 12.9. The highest BCUT2D eigenvalue weighted by Crippen LogP contribution is 2.19. The van der Waals surface area contributed by atoms with Crippen LogP contribution in [0.4, 0.5) is 5.69 Å². The predicted octanol–water partition coefficient (Wildman–Crippen LogP) is 3.36. The Balaban J connectivity index is 1.37. The van der Waals surface area contributed by atoms with Gasteiger partial charge in [0, 0.05) is 39.0 Å². The number of aryl methyl sites for hydroxylation is 1. The van der Waals surface area contributed by atoms with Crippen LogP contribution in [0.5, 0.6) is 0 Å². The summed E-state index contributed by atoms with van der Waals surface area (Å²) in [6.45, 7) is 3.39. The first-order chi connectivity index (χ1) is 16.0. The molecule has 1 saturated heterocycles. The second kappa shape index (κ2) is 12.7. The Bertz CT molecular complexity index is 924. The molecule has 0 bridgehead atoms. The number of para-hydroxylation sites is 1. The normalized spacial score (nSPS) is 14.0. The maximum atomic E-state index is 12.9. The molecular weight excluding hydrogens is 418 g/mol. The quantitative estimate of drug-likeness (QED) is 0.443. The van der Waals surface area contributed by atoms with Crippen molar-refractivity contribution in [2.24, 2.45) is 0 Å². The van der Waals surface area contributed by atoms with Crippen molar-refractivity contribution < 1.29 is 19.1 Å². The first kappa shape index (κ1) is 24.5. The van der Waals surface area contributed by atoms with Gasteiger partial charge >= 0.3 is 5.97 Å². The van der Waals surface area contributed by atoms with Crippen molar-refractivity contribution >= 4 is 23.5 Å². The van der Waals surface area contributed by atoms with E-state index in [9.17, 15) is 14.4 Å². The summed E-state index contributed by atoms with van der Waals surface area (Å²) < 4.78 is 5.26. The molecule has 1 N–H and O–H groups in total. The summed E-state index contributed by atoms with van der Waals surface area (Å²) in [6, 6.07) is 17.1. The lowest BCUT2D eigenvalue weighted by Crippen LogP contribution is -2.47. The minimum absolute atomic E-state index is 0.0712. The summed E-state index contributed by atoms with van der Waals surface area (Å²) in [5.41, 5.74) is 2.22. The molecular formula is C26H33N3O4. The number of carbonyl (C=O) groups is 3. The molecule has 0 saturated carbocycles. The van der Waals surface area contributed by atoms with Crippen molar-refractivity contribution in [3.05, 3.63) is 65.7 Å². The monoisotopic (exact) mass is 451 g/mol. The van der Waals surface area contributed by atoms with E-state index in [-0.39, 0.29) is 30.6 Å². The maximum Gasteiger partial charge on any atom is 0.305 e. The van der Waals surface area contributed by atoms with Crippen LogP contribution in [0.3, 0.4) is 0 Å². The molecule has 0 aliphatic carbocycles. The number of amides is 2. The van der Waals surface area contributed by atoms with Gasteiger partial charge in [-0.3, -0.25) is 14.4 Å². The Labute approximate surface area is 195 Å². The number of piperazine rings is 1.